The molecule has 0 aliphatic heterocycles. The molecule has 288 valence electrons. The third-order valence-electron chi connectivity index (χ3n) is 10.5. The van der Waals surface area contributed by atoms with Gasteiger partial charge in [-0.2, -0.15) is 0 Å². The van der Waals surface area contributed by atoms with Crippen molar-refractivity contribution >= 4 is 43.6 Å². The first-order chi connectivity index (χ1) is 27.9. The molecule has 0 saturated carbocycles. The van der Waals surface area contributed by atoms with Gasteiger partial charge < -0.3 is 18.9 Å². The van der Waals surface area contributed by atoms with Crippen molar-refractivity contribution in [2.45, 2.75) is 39.1 Å². The minimum atomic E-state index is 0.0844. The standard InChI is InChI=1S/C47H46N6O4/c1-31(53(29-38-12-8-34-24-42(56-4)16-20-46(34)50-38)30-39-13-9-35-25-43(57-5)17-21-47(35)51-39)26-52(27-36-10-6-32-22-40(54-2)14-18-44(32)48-36)28-37-11-7-33-23-41(55-3)15-19-45(33)49-37/h6-25,31H,26-30H2,1-5H3. The van der Waals surface area contributed by atoms with Gasteiger partial charge in [0.05, 0.1) is 73.3 Å². The van der Waals surface area contributed by atoms with Gasteiger partial charge >= 0.3 is 0 Å². The Morgan fingerprint density at radius 1 is 0.404 bits per heavy atom. The number of nitrogens with zero attached hydrogens (tertiary/aromatic N) is 6. The van der Waals surface area contributed by atoms with Crippen LogP contribution in [0.1, 0.15) is 29.7 Å². The Morgan fingerprint density at radius 2 is 0.702 bits per heavy atom. The Labute approximate surface area is 332 Å². The van der Waals surface area contributed by atoms with Gasteiger partial charge in [0.25, 0.3) is 0 Å². The molecule has 1 atom stereocenters. The molecule has 4 aromatic carbocycles. The Kier molecular flexibility index (Phi) is 11.1. The van der Waals surface area contributed by atoms with Gasteiger partial charge in [-0.25, -0.2) is 0 Å². The van der Waals surface area contributed by atoms with Crippen molar-refractivity contribution in [3.63, 3.8) is 0 Å². The molecule has 0 N–H and O–H groups in total. The maximum Gasteiger partial charge on any atom is 0.119 e. The molecule has 8 rings (SSSR count). The zero-order valence-corrected chi connectivity index (χ0v) is 33.0. The molecule has 0 saturated heterocycles. The number of rotatable bonds is 15. The summed E-state index contributed by atoms with van der Waals surface area (Å²) in [5.41, 5.74) is 7.65. The Hall–Kier alpha value is -6.36. The SMILES string of the molecule is COc1ccc2nc(CN(Cc3ccc4cc(OC)ccc4n3)CC(C)N(Cc3ccc4cc(OC)ccc4n3)Cc3ccc4cc(OC)ccc4n3)ccc2c1. The number of pyridine rings is 4. The first kappa shape index (κ1) is 37.6. The topological polar surface area (TPSA) is 95.0 Å². The van der Waals surface area contributed by atoms with Crippen LogP contribution in [-0.4, -0.2) is 70.8 Å². The molecule has 0 fully saturated rings. The molecule has 57 heavy (non-hydrogen) atoms. The molecule has 0 amide bonds. The molecule has 1 unspecified atom stereocenters. The summed E-state index contributed by atoms with van der Waals surface area (Å²) in [4.78, 5) is 25.3. The first-order valence-corrected chi connectivity index (χ1v) is 19.1. The highest BCUT2D eigenvalue weighted by molar-refractivity contribution is 5.82. The number of methoxy groups -OCH3 is 4. The fourth-order valence-electron chi connectivity index (χ4n) is 7.36. The molecule has 10 nitrogen and oxygen atoms in total. The van der Waals surface area contributed by atoms with Gasteiger partial charge in [-0.15, -0.1) is 0 Å². The number of hydrogen-bond acceptors (Lipinski definition) is 10. The van der Waals surface area contributed by atoms with Crippen molar-refractivity contribution in [3.8, 4) is 23.0 Å². The smallest absolute Gasteiger partial charge is 0.119 e. The molecule has 0 radical (unpaired) electrons. The van der Waals surface area contributed by atoms with Crippen LogP contribution in [0.3, 0.4) is 0 Å². The van der Waals surface area contributed by atoms with Gasteiger partial charge in [0.2, 0.25) is 0 Å². The van der Waals surface area contributed by atoms with Crippen LogP contribution in [0.4, 0.5) is 0 Å². The third-order valence-corrected chi connectivity index (χ3v) is 10.5. The largest absolute Gasteiger partial charge is 0.497 e. The van der Waals surface area contributed by atoms with E-state index in [1.807, 2.05) is 72.8 Å². The highest BCUT2D eigenvalue weighted by Crippen LogP contribution is 2.26. The van der Waals surface area contributed by atoms with Gasteiger partial charge in [0, 0.05) is 60.3 Å². The molecule has 4 aromatic heterocycles. The van der Waals surface area contributed by atoms with Gasteiger partial charge in [-0.3, -0.25) is 29.7 Å². The summed E-state index contributed by atoms with van der Waals surface area (Å²) in [6, 6.07) is 41.0. The van der Waals surface area contributed by atoms with Crippen LogP contribution in [0.15, 0.2) is 121 Å². The van der Waals surface area contributed by atoms with Gasteiger partial charge in [0.15, 0.2) is 0 Å². The van der Waals surface area contributed by atoms with E-state index in [2.05, 4.69) is 65.3 Å². The van der Waals surface area contributed by atoms with E-state index < -0.39 is 0 Å². The average Bonchev–Trinajstić information content (AvgIpc) is 3.25. The normalized spacial score (nSPS) is 12.2. The minimum Gasteiger partial charge on any atom is -0.497 e. The molecule has 0 aliphatic rings. The van der Waals surface area contributed by atoms with Crippen molar-refractivity contribution in [2.24, 2.45) is 0 Å². The quantitative estimate of drug-likeness (QED) is 0.101. The van der Waals surface area contributed by atoms with Gasteiger partial charge in [-0.05, 0) is 104 Å². The van der Waals surface area contributed by atoms with Crippen LogP contribution in [-0.2, 0) is 26.2 Å². The molecule has 4 heterocycles. The molecular weight excluding hydrogens is 713 g/mol. The van der Waals surface area contributed by atoms with Crippen LogP contribution < -0.4 is 18.9 Å². The summed E-state index contributed by atoms with van der Waals surface area (Å²) in [5, 5.41) is 4.16. The van der Waals surface area contributed by atoms with E-state index in [1.54, 1.807) is 28.4 Å². The van der Waals surface area contributed by atoms with Crippen molar-refractivity contribution in [2.75, 3.05) is 35.0 Å². The fraction of sp³-hybridized carbons (Fsp3) is 0.234. The minimum absolute atomic E-state index is 0.0844. The maximum atomic E-state index is 5.47. The maximum absolute atomic E-state index is 5.47. The molecule has 8 aromatic rings. The number of benzene rings is 4. The molecular formula is C47H46N6O4. The lowest BCUT2D eigenvalue weighted by Crippen LogP contribution is -2.41. The molecule has 0 aliphatic carbocycles. The third kappa shape index (κ3) is 8.72. The lowest BCUT2D eigenvalue weighted by molar-refractivity contribution is 0.123. The second-order valence-corrected chi connectivity index (χ2v) is 14.4. The van der Waals surface area contributed by atoms with Gasteiger partial charge in [0.1, 0.15) is 23.0 Å². The summed E-state index contributed by atoms with van der Waals surface area (Å²) < 4.78 is 21.9. The fourth-order valence-corrected chi connectivity index (χ4v) is 7.36. The number of hydrogen-bond donors (Lipinski definition) is 0. The second-order valence-electron chi connectivity index (χ2n) is 14.4. The molecule has 0 spiro atoms. The van der Waals surface area contributed by atoms with Crippen LogP contribution in [0.2, 0.25) is 0 Å². The van der Waals surface area contributed by atoms with E-state index in [4.69, 9.17) is 38.9 Å². The number of ether oxygens (including phenoxy) is 4. The first-order valence-electron chi connectivity index (χ1n) is 19.1. The highest BCUT2D eigenvalue weighted by atomic mass is 16.5. The van der Waals surface area contributed by atoms with Gasteiger partial charge in [-0.1, -0.05) is 24.3 Å². The lowest BCUT2D eigenvalue weighted by atomic mass is 10.1. The van der Waals surface area contributed by atoms with E-state index in [0.29, 0.717) is 26.2 Å². The van der Waals surface area contributed by atoms with Crippen molar-refractivity contribution < 1.29 is 18.9 Å². The van der Waals surface area contributed by atoms with E-state index in [0.717, 1.165) is 95.9 Å². The zero-order valence-electron chi connectivity index (χ0n) is 33.0. The predicted molar refractivity (Wildman–Crippen MR) is 226 cm³/mol. The Morgan fingerprint density at radius 3 is 1.00 bits per heavy atom. The predicted octanol–water partition coefficient (Wildman–Crippen LogP) is 9.01. The van der Waals surface area contributed by atoms with Crippen molar-refractivity contribution in [3.05, 3.63) is 144 Å². The van der Waals surface area contributed by atoms with E-state index in [9.17, 15) is 0 Å². The van der Waals surface area contributed by atoms with E-state index in [1.165, 1.54) is 0 Å². The highest BCUT2D eigenvalue weighted by Gasteiger charge is 2.22. The monoisotopic (exact) mass is 758 g/mol. The van der Waals surface area contributed by atoms with E-state index in [-0.39, 0.29) is 6.04 Å². The van der Waals surface area contributed by atoms with Crippen LogP contribution >= 0.6 is 0 Å². The zero-order chi connectivity index (χ0) is 39.3. The van der Waals surface area contributed by atoms with Crippen molar-refractivity contribution in [1.82, 2.24) is 29.7 Å². The van der Waals surface area contributed by atoms with Crippen LogP contribution in [0, 0.1) is 0 Å². The summed E-state index contributed by atoms with van der Waals surface area (Å²) >= 11 is 0. The summed E-state index contributed by atoms with van der Waals surface area (Å²) in [6.07, 6.45) is 0. The van der Waals surface area contributed by atoms with Crippen LogP contribution in [0.25, 0.3) is 43.6 Å². The molecule has 10 heteroatoms. The van der Waals surface area contributed by atoms with E-state index >= 15 is 0 Å². The van der Waals surface area contributed by atoms with Crippen molar-refractivity contribution in [1.29, 1.82) is 0 Å². The summed E-state index contributed by atoms with van der Waals surface area (Å²) in [7, 11) is 6.74. The summed E-state index contributed by atoms with van der Waals surface area (Å²) in [5.74, 6) is 3.25. The lowest BCUT2D eigenvalue weighted by Gasteiger charge is -2.33. The molecule has 0 bridgehead atoms. The summed E-state index contributed by atoms with van der Waals surface area (Å²) in [6.45, 7) is 5.55. The Bertz CT molecular complexity index is 2510. The number of fused-ring (bicyclic) bond motifs is 4. The van der Waals surface area contributed by atoms with Crippen LogP contribution in [0.5, 0.6) is 23.0 Å². The Balaban J connectivity index is 1.12. The number of aromatic nitrogens is 4. The average molecular weight is 759 g/mol. The second kappa shape index (κ2) is 16.8.